The zero-order chi connectivity index (χ0) is 13.0. The maximum Gasteiger partial charge on any atom is 0.239 e. The van der Waals surface area contributed by atoms with E-state index in [9.17, 15) is 8.60 Å². The number of benzene rings is 1. The number of rotatable bonds is 5. The first kappa shape index (κ1) is 12.9. The molecule has 0 saturated carbocycles. The van der Waals surface area contributed by atoms with Crippen molar-refractivity contribution in [2.75, 3.05) is 0 Å². The number of hydrogen-bond donors (Lipinski definition) is 0. The van der Waals surface area contributed by atoms with E-state index in [1.54, 1.807) is 6.07 Å². The molecule has 0 amide bonds. The summed E-state index contributed by atoms with van der Waals surface area (Å²) in [6.07, 6.45) is 1.65. The van der Waals surface area contributed by atoms with Crippen molar-refractivity contribution < 1.29 is 13.1 Å². The van der Waals surface area contributed by atoms with Gasteiger partial charge < -0.3 is 4.52 Å². The third kappa shape index (κ3) is 3.22. The minimum absolute atomic E-state index is 0.111. The molecule has 0 aliphatic rings. The molecule has 0 spiro atoms. The molecule has 96 valence electrons. The van der Waals surface area contributed by atoms with Crippen LogP contribution in [-0.2, 0) is 23.0 Å². The molecule has 1 heterocycles. The number of aromatic nitrogens is 2. The summed E-state index contributed by atoms with van der Waals surface area (Å²) in [6, 6.07) is 5.70. The maximum absolute atomic E-state index is 13.0. The van der Waals surface area contributed by atoms with Crippen LogP contribution in [0, 0.1) is 5.82 Å². The molecule has 1 atom stereocenters. The standard InChI is InChI=1S/C12H13FN2O2S/c1-2-4-11-14-12(17-15-11)8-18(16)10-6-3-5-9(13)7-10/h3,5-7H,2,4,8H2,1H3. The molecule has 1 unspecified atom stereocenters. The molecule has 0 aliphatic carbocycles. The van der Waals surface area contributed by atoms with Crippen LogP contribution in [0.5, 0.6) is 0 Å². The molecule has 2 aromatic rings. The quantitative estimate of drug-likeness (QED) is 0.836. The molecule has 0 bridgehead atoms. The number of nitrogens with zero attached hydrogens (tertiary/aromatic N) is 2. The second kappa shape index (κ2) is 5.86. The number of hydrogen-bond acceptors (Lipinski definition) is 4. The fraction of sp³-hybridized carbons (Fsp3) is 0.333. The lowest BCUT2D eigenvalue weighted by atomic mass is 10.3. The Morgan fingerprint density at radius 3 is 3.00 bits per heavy atom. The van der Waals surface area contributed by atoms with Gasteiger partial charge in [0.05, 0.1) is 10.8 Å². The first-order valence-corrected chi connectivity index (χ1v) is 6.96. The van der Waals surface area contributed by atoms with Gasteiger partial charge in [0.15, 0.2) is 5.82 Å². The van der Waals surface area contributed by atoms with Crippen LogP contribution in [0.4, 0.5) is 4.39 Å². The maximum atomic E-state index is 13.0. The molecule has 6 heteroatoms. The highest BCUT2D eigenvalue weighted by Crippen LogP contribution is 2.13. The summed E-state index contributed by atoms with van der Waals surface area (Å²) in [5, 5.41) is 3.78. The summed E-state index contributed by atoms with van der Waals surface area (Å²) in [4.78, 5) is 4.54. The summed E-state index contributed by atoms with van der Waals surface area (Å²) in [5.74, 6) is 0.642. The van der Waals surface area contributed by atoms with E-state index in [0.717, 1.165) is 12.8 Å². The van der Waals surface area contributed by atoms with E-state index in [4.69, 9.17) is 4.52 Å². The van der Waals surface area contributed by atoms with Crippen molar-refractivity contribution in [3.8, 4) is 0 Å². The monoisotopic (exact) mass is 268 g/mol. The van der Waals surface area contributed by atoms with E-state index < -0.39 is 16.6 Å². The largest absolute Gasteiger partial charge is 0.338 e. The zero-order valence-electron chi connectivity index (χ0n) is 9.93. The van der Waals surface area contributed by atoms with E-state index in [1.807, 2.05) is 6.92 Å². The van der Waals surface area contributed by atoms with E-state index in [0.29, 0.717) is 16.6 Å². The van der Waals surface area contributed by atoms with Gasteiger partial charge in [-0.2, -0.15) is 4.98 Å². The van der Waals surface area contributed by atoms with Gasteiger partial charge in [0.2, 0.25) is 5.89 Å². The third-order valence-corrected chi connectivity index (χ3v) is 3.59. The molecule has 0 N–H and O–H groups in total. The van der Waals surface area contributed by atoms with Gasteiger partial charge in [0, 0.05) is 11.3 Å². The van der Waals surface area contributed by atoms with Crippen molar-refractivity contribution in [3.05, 3.63) is 41.8 Å². The molecule has 2 rings (SSSR count). The summed E-state index contributed by atoms with van der Waals surface area (Å²) >= 11 is 0. The Morgan fingerprint density at radius 1 is 1.44 bits per heavy atom. The molecule has 4 nitrogen and oxygen atoms in total. The van der Waals surface area contributed by atoms with Gasteiger partial charge in [0.1, 0.15) is 11.6 Å². The van der Waals surface area contributed by atoms with Crippen LogP contribution in [0.1, 0.15) is 25.1 Å². The minimum atomic E-state index is -1.37. The van der Waals surface area contributed by atoms with Gasteiger partial charge in [0.25, 0.3) is 0 Å². The van der Waals surface area contributed by atoms with E-state index >= 15 is 0 Å². The highest BCUT2D eigenvalue weighted by Gasteiger charge is 2.12. The summed E-state index contributed by atoms with van der Waals surface area (Å²) in [7, 11) is -1.37. The molecule has 0 saturated heterocycles. The van der Waals surface area contributed by atoms with Crippen LogP contribution < -0.4 is 0 Å². The van der Waals surface area contributed by atoms with Gasteiger partial charge in [-0.15, -0.1) is 0 Å². The first-order valence-electron chi connectivity index (χ1n) is 5.64. The number of halogens is 1. The lowest BCUT2D eigenvalue weighted by Crippen LogP contribution is -1.97. The minimum Gasteiger partial charge on any atom is -0.338 e. The van der Waals surface area contributed by atoms with Gasteiger partial charge in [-0.05, 0) is 24.6 Å². The van der Waals surface area contributed by atoms with Crippen molar-refractivity contribution in [3.63, 3.8) is 0 Å². The zero-order valence-corrected chi connectivity index (χ0v) is 10.7. The van der Waals surface area contributed by atoms with Gasteiger partial charge in [-0.1, -0.05) is 18.1 Å². The van der Waals surface area contributed by atoms with E-state index in [-0.39, 0.29) is 5.75 Å². The highest BCUT2D eigenvalue weighted by atomic mass is 32.2. The fourth-order valence-electron chi connectivity index (χ4n) is 1.48. The van der Waals surface area contributed by atoms with E-state index in [1.165, 1.54) is 18.2 Å². The summed E-state index contributed by atoms with van der Waals surface area (Å²) in [5.41, 5.74) is 0. The van der Waals surface area contributed by atoms with Crippen LogP contribution >= 0.6 is 0 Å². The van der Waals surface area contributed by atoms with Gasteiger partial charge in [-0.25, -0.2) is 4.39 Å². The Morgan fingerprint density at radius 2 is 2.28 bits per heavy atom. The van der Waals surface area contributed by atoms with Crippen molar-refractivity contribution >= 4 is 10.8 Å². The first-order chi connectivity index (χ1) is 8.69. The smallest absolute Gasteiger partial charge is 0.239 e. The molecule has 1 aromatic heterocycles. The van der Waals surface area contributed by atoms with Gasteiger partial charge >= 0.3 is 0 Å². The Kier molecular flexibility index (Phi) is 4.19. The SMILES string of the molecule is CCCc1noc(CS(=O)c2cccc(F)c2)n1. The van der Waals surface area contributed by atoms with Crippen molar-refractivity contribution in [1.82, 2.24) is 10.1 Å². The molecule has 0 radical (unpaired) electrons. The second-order valence-electron chi connectivity index (χ2n) is 3.80. The lowest BCUT2D eigenvalue weighted by molar-refractivity contribution is 0.384. The summed E-state index contributed by atoms with van der Waals surface area (Å²) in [6.45, 7) is 2.01. The van der Waals surface area contributed by atoms with Crippen LogP contribution in [0.3, 0.4) is 0 Å². The molecular formula is C12H13FN2O2S. The predicted molar refractivity (Wildman–Crippen MR) is 64.8 cm³/mol. The van der Waals surface area contributed by atoms with Crippen molar-refractivity contribution in [1.29, 1.82) is 0 Å². The molecule has 0 fully saturated rings. The molecular weight excluding hydrogens is 255 g/mol. The predicted octanol–water partition coefficient (Wildman–Crippen LogP) is 2.47. The second-order valence-corrected chi connectivity index (χ2v) is 5.25. The van der Waals surface area contributed by atoms with E-state index in [2.05, 4.69) is 10.1 Å². The molecule has 18 heavy (non-hydrogen) atoms. The topological polar surface area (TPSA) is 56.0 Å². The highest BCUT2D eigenvalue weighted by molar-refractivity contribution is 7.84. The van der Waals surface area contributed by atoms with Crippen LogP contribution in [0.25, 0.3) is 0 Å². The average Bonchev–Trinajstić information content (AvgIpc) is 2.77. The van der Waals surface area contributed by atoms with Crippen LogP contribution in [0.2, 0.25) is 0 Å². The third-order valence-electron chi connectivity index (χ3n) is 2.30. The van der Waals surface area contributed by atoms with Crippen molar-refractivity contribution in [2.45, 2.75) is 30.4 Å². The van der Waals surface area contributed by atoms with Gasteiger partial charge in [-0.3, -0.25) is 4.21 Å². The Bertz CT molecular complexity index is 557. The van der Waals surface area contributed by atoms with Crippen LogP contribution in [-0.4, -0.2) is 14.3 Å². The fourth-order valence-corrected chi connectivity index (χ4v) is 2.46. The van der Waals surface area contributed by atoms with Crippen LogP contribution in [0.15, 0.2) is 33.7 Å². The summed E-state index contributed by atoms with van der Waals surface area (Å²) < 4.78 is 29.9. The Hall–Kier alpha value is -1.56. The normalized spacial score (nSPS) is 12.6. The average molecular weight is 268 g/mol. The Balaban J connectivity index is 2.06. The lowest BCUT2D eigenvalue weighted by Gasteiger charge is -1.98. The molecule has 1 aromatic carbocycles. The Labute approximate surface area is 107 Å². The molecule has 0 aliphatic heterocycles. The van der Waals surface area contributed by atoms with Crippen molar-refractivity contribution in [2.24, 2.45) is 0 Å². The number of aryl methyl sites for hydroxylation is 1.